The Balaban J connectivity index is 2.27. The standard InChI is InChI=1S/C16H22N2O4/c1-9(2)13-5-11(6-14(19)17-13)15(20)18-7-10(3)4-12(8-18)16(21)22/h5-6,9-10,12H,4,7-8H2,1-3H3,(H,17,19)(H,21,22). The van der Waals surface area contributed by atoms with Crippen LogP contribution in [0.1, 0.15) is 49.2 Å². The van der Waals surface area contributed by atoms with Crippen molar-refractivity contribution in [2.45, 2.75) is 33.1 Å². The Morgan fingerprint density at radius 1 is 1.32 bits per heavy atom. The Morgan fingerprint density at radius 2 is 2.00 bits per heavy atom. The van der Waals surface area contributed by atoms with Crippen LogP contribution < -0.4 is 5.56 Å². The zero-order valence-electron chi connectivity index (χ0n) is 13.1. The number of aromatic amines is 1. The summed E-state index contributed by atoms with van der Waals surface area (Å²) in [7, 11) is 0. The van der Waals surface area contributed by atoms with Crippen molar-refractivity contribution in [3.05, 3.63) is 33.7 Å². The van der Waals surface area contributed by atoms with Crippen LogP contribution in [0.2, 0.25) is 0 Å². The van der Waals surface area contributed by atoms with Crippen molar-refractivity contribution in [2.24, 2.45) is 11.8 Å². The fourth-order valence-electron chi connectivity index (χ4n) is 2.88. The summed E-state index contributed by atoms with van der Waals surface area (Å²) < 4.78 is 0. The average Bonchev–Trinajstić information content (AvgIpc) is 2.45. The minimum atomic E-state index is -0.877. The van der Waals surface area contributed by atoms with Gasteiger partial charge in [-0.05, 0) is 24.3 Å². The summed E-state index contributed by atoms with van der Waals surface area (Å²) in [6, 6.07) is 2.96. The fourth-order valence-corrected chi connectivity index (χ4v) is 2.88. The molecule has 1 saturated heterocycles. The van der Waals surface area contributed by atoms with Gasteiger partial charge in [0.25, 0.3) is 5.91 Å². The SMILES string of the molecule is CC1CC(C(=O)O)CN(C(=O)c2cc(C(C)C)[nH]c(=O)c2)C1. The molecule has 6 nitrogen and oxygen atoms in total. The number of carbonyl (C=O) groups excluding carboxylic acids is 1. The molecule has 2 unspecified atom stereocenters. The van der Waals surface area contributed by atoms with Crippen LogP contribution in [-0.4, -0.2) is 40.0 Å². The van der Waals surface area contributed by atoms with Crippen LogP contribution in [0.15, 0.2) is 16.9 Å². The summed E-state index contributed by atoms with van der Waals surface area (Å²) in [5.41, 5.74) is 0.718. The molecular formula is C16H22N2O4. The second-order valence-corrected chi connectivity index (χ2v) is 6.43. The maximum absolute atomic E-state index is 12.6. The van der Waals surface area contributed by atoms with Crippen LogP contribution in [0, 0.1) is 11.8 Å². The van der Waals surface area contributed by atoms with E-state index in [1.807, 2.05) is 20.8 Å². The molecule has 1 aromatic rings. The fraction of sp³-hybridized carbons (Fsp3) is 0.562. The van der Waals surface area contributed by atoms with E-state index in [9.17, 15) is 19.5 Å². The summed E-state index contributed by atoms with van der Waals surface area (Å²) in [6.07, 6.45) is 0.575. The quantitative estimate of drug-likeness (QED) is 0.889. The van der Waals surface area contributed by atoms with E-state index in [1.165, 1.54) is 6.07 Å². The highest BCUT2D eigenvalue weighted by atomic mass is 16.4. The molecule has 0 spiro atoms. The van der Waals surface area contributed by atoms with E-state index in [-0.39, 0.29) is 29.8 Å². The van der Waals surface area contributed by atoms with Crippen LogP contribution in [0.25, 0.3) is 0 Å². The number of aromatic nitrogens is 1. The Bertz CT molecular complexity index is 635. The van der Waals surface area contributed by atoms with Crippen LogP contribution in [0.3, 0.4) is 0 Å². The largest absolute Gasteiger partial charge is 0.481 e. The van der Waals surface area contributed by atoms with Gasteiger partial charge in [0.15, 0.2) is 0 Å². The van der Waals surface area contributed by atoms with Gasteiger partial charge < -0.3 is 15.0 Å². The highest BCUT2D eigenvalue weighted by Gasteiger charge is 2.32. The third kappa shape index (κ3) is 3.55. The number of hydrogen-bond donors (Lipinski definition) is 2. The highest BCUT2D eigenvalue weighted by Crippen LogP contribution is 2.23. The Labute approximate surface area is 129 Å². The van der Waals surface area contributed by atoms with Crippen molar-refractivity contribution in [3.8, 4) is 0 Å². The first-order valence-corrected chi connectivity index (χ1v) is 7.54. The molecule has 22 heavy (non-hydrogen) atoms. The minimum Gasteiger partial charge on any atom is -0.481 e. The molecule has 2 N–H and O–H groups in total. The van der Waals surface area contributed by atoms with E-state index in [1.54, 1.807) is 11.0 Å². The summed E-state index contributed by atoms with van der Waals surface area (Å²) >= 11 is 0. The van der Waals surface area contributed by atoms with Gasteiger partial charge in [-0.3, -0.25) is 14.4 Å². The second kappa shape index (κ2) is 6.34. The number of carbonyl (C=O) groups is 2. The van der Waals surface area contributed by atoms with Crippen molar-refractivity contribution in [2.75, 3.05) is 13.1 Å². The first-order valence-electron chi connectivity index (χ1n) is 7.54. The predicted molar refractivity (Wildman–Crippen MR) is 82.0 cm³/mol. The highest BCUT2D eigenvalue weighted by molar-refractivity contribution is 5.94. The van der Waals surface area contributed by atoms with Crippen molar-refractivity contribution < 1.29 is 14.7 Å². The van der Waals surface area contributed by atoms with Gasteiger partial charge in [-0.1, -0.05) is 20.8 Å². The van der Waals surface area contributed by atoms with Gasteiger partial charge in [-0.25, -0.2) is 0 Å². The number of hydrogen-bond acceptors (Lipinski definition) is 3. The Kier molecular flexibility index (Phi) is 4.68. The summed E-state index contributed by atoms with van der Waals surface area (Å²) in [6.45, 7) is 6.52. The van der Waals surface area contributed by atoms with Crippen LogP contribution >= 0.6 is 0 Å². The van der Waals surface area contributed by atoms with Gasteiger partial charge in [-0.2, -0.15) is 0 Å². The van der Waals surface area contributed by atoms with Crippen LogP contribution in [0.4, 0.5) is 0 Å². The molecule has 2 atom stereocenters. The molecule has 0 radical (unpaired) electrons. The van der Waals surface area contributed by atoms with E-state index >= 15 is 0 Å². The smallest absolute Gasteiger partial charge is 0.308 e. The molecule has 2 heterocycles. The summed E-state index contributed by atoms with van der Waals surface area (Å²) in [5, 5.41) is 9.19. The number of carboxylic acids is 1. The molecule has 0 saturated carbocycles. The van der Waals surface area contributed by atoms with E-state index in [0.29, 0.717) is 24.2 Å². The third-order valence-electron chi connectivity index (χ3n) is 4.03. The number of rotatable bonds is 3. The van der Waals surface area contributed by atoms with Gasteiger partial charge in [-0.15, -0.1) is 0 Å². The van der Waals surface area contributed by atoms with Crippen LogP contribution in [-0.2, 0) is 4.79 Å². The zero-order valence-corrected chi connectivity index (χ0v) is 13.1. The van der Waals surface area contributed by atoms with Gasteiger partial charge in [0.1, 0.15) is 0 Å². The molecule has 1 aliphatic heterocycles. The van der Waals surface area contributed by atoms with Gasteiger partial charge in [0, 0.05) is 30.4 Å². The molecule has 0 aliphatic carbocycles. The van der Waals surface area contributed by atoms with Crippen molar-refractivity contribution in [1.29, 1.82) is 0 Å². The number of amides is 1. The molecule has 1 amide bonds. The first kappa shape index (κ1) is 16.3. The topological polar surface area (TPSA) is 90.5 Å². The lowest BCUT2D eigenvalue weighted by molar-refractivity contribution is -0.143. The maximum Gasteiger partial charge on any atom is 0.308 e. The average molecular weight is 306 g/mol. The van der Waals surface area contributed by atoms with Gasteiger partial charge in [0.2, 0.25) is 5.56 Å². The number of carboxylic acid groups (broad SMARTS) is 1. The van der Waals surface area contributed by atoms with E-state index in [2.05, 4.69) is 4.98 Å². The lowest BCUT2D eigenvalue weighted by atomic mass is 9.90. The maximum atomic E-state index is 12.6. The Hall–Kier alpha value is -2.11. The molecule has 0 bridgehead atoms. The monoisotopic (exact) mass is 306 g/mol. The number of pyridine rings is 1. The normalized spacial score (nSPS) is 21.9. The predicted octanol–water partition coefficient (Wildman–Crippen LogP) is 1.68. The molecule has 2 rings (SSSR count). The second-order valence-electron chi connectivity index (χ2n) is 6.43. The summed E-state index contributed by atoms with van der Waals surface area (Å²) in [4.78, 5) is 39.8. The Morgan fingerprint density at radius 3 is 2.59 bits per heavy atom. The molecule has 1 fully saturated rings. The molecule has 1 aromatic heterocycles. The van der Waals surface area contributed by atoms with Crippen LogP contribution in [0.5, 0.6) is 0 Å². The van der Waals surface area contributed by atoms with Gasteiger partial charge in [0.05, 0.1) is 5.92 Å². The summed E-state index contributed by atoms with van der Waals surface area (Å²) in [5.74, 6) is -1.46. The number of nitrogens with one attached hydrogen (secondary N) is 1. The number of likely N-dealkylation sites (tertiary alicyclic amines) is 1. The zero-order chi connectivity index (χ0) is 16.4. The van der Waals surface area contributed by atoms with E-state index < -0.39 is 11.9 Å². The molecule has 6 heteroatoms. The number of nitrogens with zero attached hydrogens (tertiary/aromatic N) is 1. The van der Waals surface area contributed by atoms with E-state index in [4.69, 9.17) is 0 Å². The minimum absolute atomic E-state index is 0.104. The number of H-pyrrole nitrogens is 1. The molecular weight excluding hydrogens is 284 g/mol. The van der Waals surface area contributed by atoms with Crippen molar-refractivity contribution >= 4 is 11.9 Å². The van der Waals surface area contributed by atoms with Gasteiger partial charge >= 0.3 is 5.97 Å². The lowest BCUT2D eigenvalue weighted by Gasteiger charge is -2.34. The third-order valence-corrected chi connectivity index (χ3v) is 4.03. The molecule has 0 aromatic carbocycles. The first-order chi connectivity index (χ1) is 10.3. The number of aliphatic carboxylic acids is 1. The van der Waals surface area contributed by atoms with Crippen molar-refractivity contribution in [3.63, 3.8) is 0 Å². The molecule has 120 valence electrons. The molecule has 1 aliphatic rings. The number of piperidine rings is 1. The lowest BCUT2D eigenvalue weighted by Crippen LogP contribution is -2.45. The van der Waals surface area contributed by atoms with E-state index in [0.717, 1.165) is 0 Å². The van der Waals surface area contributed by atoms with Crippen molar-refractivity contribution in [1.82, 2.24) is 9.88 Å².